The maximum Gasteiger partial charge on any atom is 0.251 e. The van der Waals surface area contributed by atoms with Crippen LogP contribution in [0, 0.1) is 0 Å². The average Bonchev–Trinajstić information content (AvgIpc) is 3.20. The fourth-order valence-corrected chi connectivity index (χ4v) is 2.72. The van der Waals surface area contributed by atoms with Crippen molar-refractivity contribution in [2.24, 2.45) is 5.73 Å². The third kappa shape index (κ3) is 5.92. The standard InChI is InChI=1S/C21H19ClN4O4/c22-15-5-1-13(2-6-15)17-11-24-20(30-17)10-9-19(28)26-16-7-3-14(4-8-16)21(29)25-12-18(23)27/h1-8,11H,9-10,12H2,(H2,23,27)(H,25,29)(H,26,28). The number of primary amides is 1. The summed E-state index contributed by atoms with van der Waals surface area (Å²) in [5.41, 5.74) is 6.73. The number of carbonyl (C=O) groups excluding carboxylic acids is 3. The van der Waals surface area contributed by atoms with Gasteiger partial charge in [0.05, 0.1) is 12.7 Å². The zero-order chi connectivity index (χ0) is 21.5. The largest absolute Gasteiger partial charge is 0.441 e. The Hall–Kier alpha value is -3.65. The zero-order valence-corrected chi connectivity index (χ0v) is 16.6. The summed E-state index contributed by atoms with van der Waals surface area (Å²) in [6.07, 6.45) is 2.13. The van der Waals surface area contributed by atoms with E-state index in [0.29, 0.717) is 34.3 Å². The molecule has 2 aromatic carbocycles. The van der Waals surface area contributed by atoms with Gasteiger partial charge in [-0.15, -0.1) is 0 Å². The lowest BCUT2D eigenvalue weighted by atomic mass is 10.2. The summed E-state index contributed by atoms with van der Waals surface area (Å²) in [7, 11) is 0. The molecule has 0 saturated carbocycles. The molecule has 154 valence electrons. The summed E-state index contributed by atoms with van der Waals surface area (Å²) in [4.78, 5) is 38.9. The highest BCUT2D eigenvalue weighted by Gasteiger charge is 2.10. The van der Waals surface area contributed by atoms with E-state index in [1.807, 2.05) is 12.1 Å². The van der Waals surface area contributed by atoms with Crippen LogP contribution in [0.25, 0.3) is 11.3 Å². The van der Waals surface area contributed by atoms with Crippen LogP contribution >= 0.6 is 11.6 Å². The second-order valence-corrected chi connectivity index (χ2v) is 6.84. The predicted molar refractivity (Wildman–Crippen MR) is 112 cm³/mol. The molecule has 9 heteroatoms. The van der Waals surface area contributed by atoms with E-state index in [2.05, 4.69) is 15.6 Å². The molecule has 30 heavy (non-hydrogen) atoms. The smallest absolute Gasteiger partial charge is 0.251 e. The summed E-state index contributed by atoms with van der Waals surface area (Å²) in [6, 6.07) is 13.5. The fourth-order valence-electron chi connectivity index (χ4n) is 2.59. The number of nitrogens with one attached hydrogen (secondary N) is 2. The van der Waals surface area contributed by atoms with Gasteiger partial charge in [-0.25, -0.2) is 4.98 Å². The lowest BCUT2D eigenvalue weighted by Gasteiger charge is -2.06. The molecule has 0 aliphatic carbocycles. The van der Waals surface area contributed by atoms with Crippen LogP contribution in [0.5, 0.6) is 0 Å². The molecule has 3 aromatic rings. The summed E-state index contributed by atoms with van der Waals surface area (Å²) in [6.45, 7) is -0.238. The van der Waals surface area contributed by atoms with E-state index >= 15 is 0 Å². The highest BCUT2D eigenvalue weighted by Crippen LogP contribution is 2.22. The average molecular weight is 427 g/mol. The Bertz CT molecular complexity index is 1050. The van der Waals surface area contributed by atoms with Crippen LogP contribution in [0.15, 0.2) is 59.1 Å². The Kier molecular flexibility index (Phi) is 6.82. The van der Waals surface area contributed by atoms with Gasteiger partial charge in [0.25, 0.3) is 5.91 Å². The SMILES string of the molecule is NC(=O)CNC(=O)c1ccc(NC(=O)CCc2ncc(-c3ccc(Cl)cc3)o2)cc1. The van der Waals surface area contributed by atoms with Gasteiger partial charge in [0, 0.05) is 34.7 Å². The normalized spacial score (nSPS) is 10.4. The maximum absolute atomic E-state index is 12.2. The number of amides is 3. The number of rotatable bonds is 8. The van der Waals surface area contributed by atoms with Gasteiger partial charge in [-0.2, -0.15) is 0 Å². The first kappa shape index (κ1) is 21.1. The van der Waals surface area contributed by atoms with E-state index in [1.165, 1.54) is 0 Å². The van der Waals surface area contributed by atoms with Gasteiger partial charge in [-0.3, -0.25) is 14.4 Å². The van der Waals surface area contributed by atoms with Gasteiger partial charge in [0.15, 0.2) is 11.7 Å². The monoisotopic (exact) mass is 426 g/mol. The van der Waals surface area contributed by atoms with E-state index in [1.54, 1.807) is 42.6 Å². The minimum absolute atomic E-state index is 0.182. The minimum Gasteiger partial charge on any atom is -0.441 e. The highest BCUT2D eigenvalue weighted by atomic mass is 35.5. The van der Waals surface area contributed by atoms with Crippen LogP contribution in [0.3, 0.4) is 0 Å². The van der Waals surface area contributed by atoms with Gasteiger partial charge in [-0.05, 0) is 48.5 Å². The Morgan fingerprint density at radius 1 is 1.03 bits per heavy atom. The van der Waals surface area contributed by atoms with Gasteiger partial charge in [0.2, 0.25) is 11.8 Å². The van der Waals surface area contributed by atoms with Crippen LogP contribution in [0.1, 0.15) is 22.7 Å². The number of aryl methyl sites for hydroxylation is 1. The fraction of sp³-hybridized carbons (Fsp3) is 0.143. The Labute approximate surface area is 177 Å². The zero-order valence-electron chi connectivity index (χ0n) is 15.9. The number of hydrogen-bond donors (Lipinski definition) is 3. The minimum atomic E-state index is -0.626. The van der Waals surface area contributed by atoms with Gasteiger partial charge in [0.1, 0.15) is 0 Å². The highest BCUT2D eigenvalue weighted by molar-refractivity contribution is 6.30. The molecule has 4 N–H and O–H groups in total. The molecular formula is C21H19ClN4O4. The molecule has 0 atom stereocenters. The van der Waals surface area contributed by atoms with Crippen LogP contribution in [0.4, 0.5) is 5.69 Å². The second kappa shape index (κ2) is 9.71. The van der Waals surface area contributed by atoms with Crippen molar-refractivity contribution in [2.45, 2.75) is 12.8 Å². The number of aromatic nitrogens is 1. The maximum atomic E-state index is 12.2. The van der Waals surface area contributed by atoms with E-state index < -0.39 is 11.8 Å². The number of anilines is 1. The van der Waals surface area contributed by atoms with Gasteiger partial charge >= 0.3 is 0 Å². The van der Waals surface area contributed by atoms with Crippen molar-refractivity contribution in [1.82, 2.24) is 10.3 Å². The van der Waals surface area contributed by atoms with Crippen molar-refractivity contribution in [3.8, 4) is 11.3 Å². The third-order valence-corrected chi connectivity index (χ3v) is 4.35. The number of nitrogens with two attached hydrogens (primary N) is 1. The Morgan fingerprint density at radius 3 is 2.40 bits per heavy atom. The lowest BCUT2D eigenvalue weighted by molar-refractivity contribution is -0.117. The molecular weight excluding hydrogens is 408 g/mol. The lowest BCUT2D eigenvalue weighted by Crippen LogP contribution is -2.33. The Morgan fingerprint density at radius 2 is 1.73 bits per heavy atom. The second-order valence-electron chi connectivity index (χ2n) is 6.40. The number of hydrogen-bond acceptors (Lipinski definition) is 5. The van der Waals surface area contributed by atoms with E-state index in [9.17, 15) is 14.4 Å². The number of halogens is 1. The van der Waals surface area contributed by atoms with Crippen molar-refractivity contribution >= 4 is 35.0 Å². The molecule has 0 fully saturated rings. The van der Waals surface area contributed by atoms with Gasteiger partial charge < -0.3 is 20.8 Å². The number of benzene rings is 2. The molecule has 0 radical (unpaired) electrons. The van der Waals surface area contributed by atoms with E-state index in [4.69, 9.17) is 21.8 Å². The molecule has 0 aliphatic rings. The van der Waals surface area contributed by atoms with Crippen molar-refractivity contribution in [2.75, 3.05) is 11.9 Å². The summed E-state index contributed by atoms with van der Waals surface area (Å²) in [5, 5.41) is 5.77. The van der Waals surface area contributed by atoms with Crippen LogP contribution in [0.2, 0.25) is 5.02 Å². The molecule has 3 rings (SSSR count). The quantitative estimate of drug-likeness (QED) is 0.510. The molecule has 0 bridgehead atoms. The molecule has 0 unspecified atom stereocenters. The summed E-state index contributed by atoms with van der Waals surface area (Å²) < 4.78 is 5.68. The molecule has 0 aliphatic heterocycles. The first-order chi connectivity index (χ1) is 14.4. The number of oxazole rings is 1. The van der Waals surface area contributed by atoms with Crippen LogP contribution in [-0.2, 0) is 16.0 Å². The third-order valence-electron chi connectivity index (χ3n) is 4.10. The summed E-state index contributed by atoms with van der Waals surface area (Å²) >= 11 is 5.88. The van der Waals surface area contributed by atoms with E-state index in [0.717, 1.165) is 5.56 Å². The first-order valence-corrected chi connectivity index (χ1v) is 9.45. The topological polar surface area (TPSA) is 127 Å². The molecule has 1 aromatic heterocycles. The van der Waals surface area contributed by atoms with Crippen molar-refractivity contribution in [3.05, 3.63) is 71.2 Å². The Balaban J connectivity index is 1.49. The first-order valence-electron chi connectivity index (χ1n) is 9.08. The van der Waals surface area contributed by atoms with Crippen LogP contribution < -0.4 is 16.4 Å². The predicted octanol–water partition coefficient (Wildman–Crippen LogP) is 2.78. The van der Waals surface area contributed by atoms with Crippen molar-refractivity contribution in [1.29, 1.82) is 0 Å². The number of nitrogens with zero attached hydrogens (tertiary/aromatic N) is 1. The molecule has 3 amide bonds. The van der Waals surface area contributed by atoms with Gasteiger partial charge in [-0.1, -0.05) is 11.6 Å². The van der Waals surface area contributed by atoms with Crippen LogP contribution in [-0.4, -0.2) is 29.3 Å². The molecule has 0 saturated heterocycles. The molecule has 8 nitrogen and oxygen atoms in total. The number of carbonyl (C=O) groups is 3. The summed E-state index contributed by atoms with van der Waals surface area (Å²) in [5.74, 6) is -0.207. The van der Waals surface area contributed by atoms with Crippen molar-refractivity contribution in [3.63, 3.8) is 0 Å². The van der Waals surface area contributed by atoms with Crippen molar-refractivity contribution < 1.29 is 18.8 Å². The molecule has 1 heterocycles. The molecule has 0 spiro atoms. The van der Waals surface area contributed by atoms with E-state index in [-0.39, 0.29) is 18.9 Å².